The highest BCUT2D eigenvalue weighted by Gasteiger charge is 2.35. The van der Waals surface area contributed by atoms with Gasteiger partial charge in [0.05, 0.1) is 16.0 Å². The number of phenols is 1. The number of hydrogen-bond donors (Lipinski definition) is 1. The fraction of sp³-hybridized carbons (Fsp3) is 0.0667. The van der Waals surface area contributed by atoms with E-state index in [9.17, 15) is 23.1 Å². The molecule has 0 amide bonds. The average molecular weight is 402 g/mol. The zero-order chi connectivity index (χ0) is 16.8. The molecule has 1 aliphatic heterocycles. The summed E-state index contributed by atoms with van der Waals surface area (Å²) in [6.07, 6.45) is -1.79. The Kier molecular flexibility index (Phi) is 3.97. The molecule has 0 unspecified atom stereocenters. The molecule has 2 aromatic rings. The number of carbonyl (C=O) groups excluding carboxylic acids is 1. The lowest BCUT2D eigenvalue weighted by Crippen LogP contribution is -2.06. The van der Waals surface area contributed by atoms with Gasteiger partial charge in [-0.3, -0.25) is 4.79 Å². The van der Waals surface area contributed by atoms with Gasteiger partial charge in [0, 0.05) is 10.7 Å². The van der Waals surface area contributed by atoms with Crippen LogP contribution in [0.25, 0.3) is 6.08 Å². The third kappa shape index (κ3) is 3.00. The number of thioether (sulfide) groups is 1. The van der Waals surface area contributed by atoms with E-state index in [2.05, 4.69) is 20.9 Å². The number of phenolic OH excluding ortho intramolecular Hbond substituents is 1. The van der Waals surface area contributed by atoms with Gasteiger partial charge in [0.15, 0.2) is 0 Å². The Morgan fingerprint density at radius 1 is 1.30 bits per heavy atom. The molecular weight excluding hydrogens is 395 g/mol. The maximum atomic E-state index is 12.9. The minimum absolute atomic E-state index is 0.152. The third-order valence-electron chi connectivity index (χ3n) is 3.15. The number of ketones is 1. The van der Waals surface area contributed by atoms with Crippen LogP contribution in [0.2, 0.25) is 0 Å². The van der Waals surface area contributed by atoms with E-state index < -0.39 is 17.5 Å². The summed E-state index contributed by atoms with van der Waals surface area (Å²) in [4.78, 5) is 16.6. The minimum atomic E-state index is -4.69. The lowest BCUT2D eigenvalue weighted by atomic mass is 10.1. The SMILES string of the molecule is O=C1/C(=C/c2cc(C(F)(F)F)c(O)cc2Br)Sc2ncccc21. The van der Waals surface area contributed by atoms with Crippen LogP contribution in [-0.2, 0) is 6.18 Å². The number of alkyl halides is 3. The van der Waals surface area contributed by atoms with Gasteiger partial charge >= 0.3 is 6.18 Å². The number of rotatable bonds is 1. The van der Waals surface area contributed by atoms with Crippen LogP contribution in [0.15, 0.2) is 44.9 Å². The number of allylic oxidation sites excluding steroid dienone is 1. The van der Waals surface area contributed by atoms with E-state index >= 15 is 0 Å². The molecular formula is C15H7BrF3NO2S. The van der Waals surface area contributed by atoms with Crippen molar-refractivity contribution >= 4 is 39.6 Å². The molecule has 23 heavy (non-hydrogen) atoms. The zero-order valence-corrected chi connectivity index (χ0v) is 13.6. The summed E-state index contributed by atoms with van der Waals surface area (Å²) in [5, 5.41) is 9.98. The van der Waals surface area contributed by atoms with E-state index in [4.69, 9.17) is 0 Å². The van der Waals surface area contributed by atoms with Crippen molar-refractivity contribution in [3.05, 3.63) is 56.5 Å². The first kappa shape index (κ1) is 16.1. The van der Waals surface area contributed by atoms with Crippen LogP contribution < -0.4 is 0 Å². The topological polar surface area (TPSA) is 50.2 Å². The van der Waals surface area contributed by atoms with Crippen LogP contribution in [0.4, 0.5) is 13.2 Å². The van der Waals surface area contributed by atoms with Gasteiger partial charge in [-0.25, -0.2) is 4.98 Å². The maximum absolute atomic E-state index is 12.9. The van der Waals surface area contributed by atoms with Crippen molar-refractivity contribution in [2.75, 3.05) is 0 Å². The minimum Gasteiger partial charge on any atom is -0.507 e. The smallest absolute Gasteiger partial charge is 0.419 e. The molecule has 2 heterocycles. The quantitative estimate of drug-likeness (QED) is 0.690. The number of carbonyl (C=O) groups is 1. The first-order chi connectivity index (χ1) is 10.8. The highest BCUT2D eigenvalue weighted by molar-refractivity contribution is 9.10. The number of benzene rings is 1. The van der Waals surface area contributed by atoms with Crippen molar-refractivity contribution in [3.63, 3.8) is 0 Å². The van der Waals surface area contributed by atoms with Gasteiger partial charge in [0.2, 0.25) is 5.78 Å². The number of aromatic nitrogens is 1. The van der Waals surface area contributed by atoms with Crippen molar-refractivity contribution in [2.45, 2.75) is 11.2 Å². The van der Waals surface area contributed by atoms with Crippen molar-refractivity contribution in [1.29, 1.82) is 0 Å². The third-order valence-corrected chi connectivity index (χ3v) is 4.88. The van der Waals surface area contributed by atoms with E-state index in [0.717, 1.165) is 23.9 Å². The Morgan fingerprint density at radius 3 is 2.70 bits per heavy atom. The second-order valence-corrected chi connectivity index (χ2v) is 6.57. The molecule has 0 fully saturated rings. The first-order valence-electron chi connectivity index (χ1n) is 6.26. The predicted octanol–water partition coefficient (Wildman–Crippen LogP) is 4.90. The number of aromatic hydroxyl groups is 1. The molecule has 8 heteroatoms. The van der Waals surface area contributed by atoms with Gasteiger partial charge in [-0.15, -0.1) is 0 Å². The summed E-state index contributed by atoms with van der Waals surface area (Å²) in [6, 6.07) is 5.01. The number of Topliss-reactive ketones (excluding diaryl/α,β-unsaturated/α-hetero) is 1. The number of nitrogens with zero attached hydrogens (tertiary/aromatic N) is 1. The molecule has 1 aliphatic rings. The zero-order valence-electron chi connectivity index (χ0n) is 11.2. The van der Waals surface area contributed by atoms with E-state index in [0.29, 0.717) is 10.6 Å². The van der Waals surface area contributed by atoms with Crippen molar-refractivity contribution in [1.82, 2.24) is 4.98 Å². The van der Waals surface area contributed by atoms with Crippen LogP contribution >= 0.6 is 27.7 Å². The second kappa shape index (κ2) is 5.68. The van der Waals surface area contributed by atoms with Gasteiger partial charge in [-0.1, -0.05) is 27.7 Å². The number of pyridine rings is 1. The molecule has 0 bridgehead atoms. The molecule has 1 N–H and O–H groups in total. The molecule has 0 radical (unpaired) electrons. The van der Waals surface area contributed by atoms with Gasteiger partial charge in [0.1, 0.15) is 10.8 Å². The van der Waals surface area contributed by atoms with Crippen molar-refractivity contribution in [3.8, 4) is 5.75 Å². The van der Waals surface area contributed by atoms with E-state index in [1.54, 1.807) is 18.3 Å². The fourth-order valence-corrected chi connectivity index (χ4v) is 3.51. The molecule has 1 aromatic heterocycles. The molecule has 118 valence electrons. The molecule has 3 nitrogen and oxygen atoms in total. The molecule has 0 saturated carbocycles. The molecule has 1 aromatic carbocycles. The maximum Gasteiger partial charge on any atom is 0.419 e. The summed E-state index contributed by atoms with van der Waals surface area (Å²) >= 11 is 4.20. The molecule has 0 spiro atoms. The van der Waals surface area contributed by atoms with Gasteiger partial charge in [-0.2, -0.15) is 13.2 Å². The summed E-state index contributed by atoms with van der Waals surface area (Å²) in [7, 11) is 0. The lowest BCUT2D eigenvalue weighted by molar-refractivity contribution is -0.138. The lowest BCUT2D eigenvalue weighted by Gasteiger charge is -2.11. The van der Waals surface area contributed by atoms with E-state index in [-0.39, 0.29) is 20.7 Å². The van der Waals surface area contributed by atoms with Crippen LogP contribution in [0, 0.1) is 0 Å². The average Bonchev–Trinajstić information content (AvgIpc) is 2.77. The predicted molar refractivity (Wildman–Crippen MR) is 83.2 cm³/mol. The molecule has 3 rings (SSSR count). The highest BCUT2D eigenvalue weighted by atomic mass is 79.9. The van der Waals surface area contributed by atoms with Gasteiger partial charge in [0.25, 0.3) is 0 Å². The van der Waals surface area contributed by atoms with Crippen LogP contribution in [0.5, 0.6) is 5.75 Å². The first-order valence-corrected chi connectivity index (χ1v) is 7.87. The largest absolute Gasteiger partial charge is 0.507 e. The number of hydrogen-bond acceptors (Lipinski definition) is 4. The van der Waals surface area contributed by atoms with Crippen LogP contribution in [0.1, 0.15) is 21.5 Å². The van der Waals surface area contributed by atoms with Gasteiger partial charge < -0.3 is 5.11 Å². The summed E-state index contributed by atoms with van der Waals surface area (Å²) in [6.45, 7) is 0. The van der Waals surface area contributed by atoms with Crippen molar-refractivity contribution < 1.29 is 23.1 Å². The fourth-order valence-electron chi connectivity index (χ4n) is 2.08. The summed E-state index contributed by atoms with van der Waals surface area (Å²) in [5.74, 6) is -1.16. The normalized spacial score (nSPS) is 16.0. The molecule has 0 aliphatic carbocycles. The number of halogens is 4. The van der Waals surface area contributed by atoms with E-state index in [1.807, 2.05) is 0 Å². The highest BCUT2D eigenvalue weighted by Crippen LogP contribution is 2.42. The Morgan fingerprint density at radius 2 is 2.04 bits per heavy atom. The monoisotopic (exact) mass is 401 g/mol. The summed E-state index contributed by atoms with van der Waals surface area (Å²) in [5.41, 5.74) is -0.577. The van der Waals surface area contributed by atoms with Gasteiger partial charge in [-0.05, 0) is 35.9 Å². The second-order valence-electron chi connectivity index (χ2n) is 4.68. The van der Waals surface area contributed by atoms with Crippen molar-refractivity contribution in [2.24, 2.45) is 0 Å². The Labute approximate surface area is 141 Å². The summed E-state index contributed by atoms with van der Waals surface area (Å²) < 4.78 is 38.9. The Balaban J connectivity index is 2.06. The van der Waals surface area contributed by atoms with E-state index in [1.165, 1.54) is 6.08 Å². The Bertz CT molecular complexity index is 849. The molecule has 0 atom stereocenters. The standard InChI is InChI=1S/C15H7BrF3NO2S/c16-10-6-11(21)9(15(17,18)19)4-7(10)5-12-13(22)8-2-1-3-20-14(8)23-12/h1-6,21H/b12-5-. The van der Waals surface area contributed by atoms with Crippen LogP contribution in [0.3, 0.4) is 0 Å². The molecule has 0 saturated heterocycles. The Hall–Kier alpha value is -1.80. The number of fused-ring (bicyclic) bond motifs is 1. The van der Waals surface area contributed by atoms with Crippen LogP contribution in [-0.4, -0.2) is 15.9 Å².